The lowest BCUT2D eigenvalue weighted by Gasteiger charge is -2.65. The molecule has 0 radical (unpaired) electrons. The summed E-state index contributed by atoms with van der Waals surface area (Å²) >= 11 is 6.26. The number of aromatic nitrogens is 1. The summed E-state index contributed by atoms with van der Waals surface area (Å²) in [6.07, 6.45) is 1.19. The van der Waals surface area contributed by atoms with E-state index in [0.29, 0.717) is 47.2 Å². The van der Waals surface area contributed by atoms with Crippen molar-refractivity contribution in [2.45, 2.75) is 111 Å². The van der Waals surface area contributed by atoms with Crippen LogP contribution < -0.4 is 10.1 Å². The lowest BCUT2D eigenvalue weighted by Crippen LogP contribution is -2.74. The molecule has 1 aliphatic carbocycles. The number of amides is 2. The van der Waals surface area contributed by atoms with E-state index in [9.17, 15) is 14.9 Å². The van der Waals surface area contributed by atoms with Crippen LogP contribution in [0.5, 0.6) is 5.75 Å². The van der Waals surface area contributed by atoms with Crippen LogP contribution in [0.15, 0.2) is 30.3 Å². The molecule has 2 fully saturated rings. The monoisotopic (exact) mass is 659 g/mol. The third-order valence-corrected chi connectivity index (χ3v) is 9.70. The fraction of sp³-hybridized carbons (Fsp3) is 0.568. The maximum atomic E-state index is 13.7. The van der Waals surface area contributed by atoms with Crippen LogP contribution in [0, 0.1) is 34.0 Å². The summed E-state index contributed by atoms with van der Waals surface area (Å²) in [7, 11) is 0. The van der Waals surface area contributed by atoms with E-state index in [1.54, 1.807) is 23.1 Å². The van der Waals surface area contributed by atoms with Gasteiger partial charge < -0.3 is 19.3 Å². The van der Waals surface area contributed by atoms with Crippen molar-refractivity contribution in [3.8, 4) is 23.7 Å². The number of nitrogens with one attached hydrogen (secondary N) is 1. The molecule has 0 spiro atoms. The Morgan fingerprint density at radius 1 is 1.06 bits per heavy atom. The lowest BCUT2D eigenvalue weighted by atomic mass is 9.49. The van der Waals surface area contributed by atoms with Crippen molar-refractivity contribution in [3.05, 3.63) is 57.9 Å². The van der Waals surface area contributed by atoms with Gasteiger partial charge in [0.05, 0.1) is 33.9 Å². The van der Waals surface area contributed by atoms with Gasteiger partial charge in [-0.3, -0.25) is 10.1 Å². The number of nitriles is 1. The van der Waals surface area contributed by atoms with Gasteiger partial charge in [-0.05, 0) is 77.6 Å². The first kappa shape index (κ1) is 34.5. The second-order valence-electron chi connectivity index (χ2n) is 15.7. The highest BCUT2D eigenvalue weighted by Crippen LogP contribution is 2.59. The minimum absolute atomic E-state index is 0.0299. The summed E-state index contributed by atoms with van der Waals surface area (Å²) in [6, 6.07) is 11.0. The molecule has 0 atom stereocenters. The van der Waals surface area contributed by atoms with Gasteiger partial charge in [0.15, 0.2) is 0 Å². The van der Waals surface area contributed by atoms with E-state index in [-0.39, 0.29) is 41.0 Å². The van der Waals surface area contributed by atoms with Crippen LogP contribution >= 0.6 is 11.6 Å². The molecule has 2 aromatic rings. The van der Waals surface area contributed by atoms with E-state index in [0.717, 1.165) is 18.5 Å². The Balaban J connectivity index is 1.22. The van der Waals surface area contributed by atoms with Crippen LogP contribution in [0.2, 0.25) is 5.02 Å². The largest absolute Gasteiger partial charge is 0.489 e. The van der Waals surface area contributed by atoms with Gasteiger partial charge in [-0.2, -0.15) is 5.26 Å². The molecule has 1 saturated heterocycles. The van der Waals surface area contributed by atoms with Crippen molar-refractivity contribution < 1.29 is 19.1 Å². The van der Waals surface area contributed by atoms with E-state index in [1.807, 2.05) is 51.7 Å². The number of carbonyl (C=O) groups is 2. The standard InChI is InChI=1S/C37H46ClN5O4/c1-34(2,3)47-33(45)42-18-15-25(16-19-42)41-35(4,5)17-14-24-11-13-27-29(40-24)22-43(30(27)44)31-36(6,7)32(37(31,8)9)46-26-12-10-23(21-39)28(38)20-26/h10-13,20,25,31-32,41H,15-16,18-19,22H2,1-9H3. The van der Waals surface area contributed by atoms with E-state index < -0.39 is 11.1 Å². The quantitative estimate of drug-likeness (QED) is 0.362. The number of carbonyl (C=O) groups excluding carboxylic acids is 2. The zero-order valence-corrected chi connectivity index (χ0v) is 29.7. The number of piperidine rings is 1. The van der Waals surface area contributed by atoms with Crippen molar-refractivity contribution in [3.63, 3.8) is 0 Å². The van der Waals surface area contributed by atoms with Gasteiger partial charge in [0.25, 0.3) is 5.91 Å². The molecule has 9 nitrogen and oxygen atoms in total. The number of rotatable bonds is 5. The third kappa shape index (κ3) is 7.08. The second kappa shape index (κ2) is 12.3. The van der Waals surface area contributed by atoms with E-state index in [1.165, 1.54) is 0 Å². The van der Waals surface area contributed by atoms with Crippen LogP contribution in [0.25, 0.3) is 0 Å². The predicted octanol–water partition coefficient (Wildman–Crippen LogP) is 6.56. The molecular weight excluding hydrogens is 614 g/mol. The number of likely N-dealkylation sites (tertiary alicyclic amines) is 1. The molecule has 1 aromatic heterocycles. The molecule has 2 aliphatic heterocycles. The average molecular weight is 660 g/mol. The Morgan fingerprint density at radius 2 is 1.72 bits per heavy atom. The van der Waals surface area contributed by atoms with Crippen LogP contribution in [0.3, 0.4) is 0 Å². The number of ether oxygens (including phenoxy) is 2. The Morgan fingerprint density at radius 3 is 2.32 bits per heavy atom. The normalized spacial score (nSPS) is 22.0. The molecule has 250 valence electrons. The van der Waals surface area contributed by atoms with Crippen molar-refractivity contribution in [1.29, 1.82) is 5.26 Å². The number of pyridine rings is 1. The molecule has 5 rings (SSSR count). The van der Waals surface area contributed by atoms with Gasteiger partial charge >= 0.3 is 6.09 Å². The average Bonchev–Trinajstić information content (AvgIpc) is 3.28. The minimum atomic E-state index is -0.507. The minimum Gasteiger partial charge on any atom is -0.489 e. The number of benzene rings is 1. The Hall–Kier alpha value is -3.79. The SMILES string of the molecule is CC(C)(C#Cc1ccc2c(n1)CN(C1C(C)(C)C(Oc3ccc(C#N)c(Cl)c3)C1(C)C)C2=O)NC1CCN(C(=O)OC(C)(C)C)CC1. The summed E-state index contributed by atoms with van der Waals surface area (Å²) in [5.74, 6) is 7.15. The first-order valence-electron chi connectivity index (χ1n) is 16.3. The van der Waals surface area contributed by atoms with Crippen LogP contribution in [0.4, 0.5) is 4.79 Å². The molecule has 0 bridgehead atoms. The Labute approximate surface area is 283 Å². The number of halogens is 1. The Bertz CT molecular complexity index is 1650. The maximum absolute atomic E-state index is 13.7. The summed E-state index contributed by atoms with van der Waals surface area (Å²) in [5.41, 5.74) is 0.669. The molecule has 2 amide bonds. The molecule has 3 aliphatic rings. The van der Waals surface area contributed by atoms with Crippen LogP contribution in [0.1, 0.15) is 102 Å². The highest BCUT2D eigenvalue weighted by atomic mass is 35.5. The zero-order chi connectivity index (χ0) is 34.5. The summed E-state index contributed by atoms with van der Waals surface area (Å²) in [4.78, 5) is 34.6. The first-order valence-corrected chi connectivity index (χ1v) is 16.7. The number of fused-ring (bicyclic) bond motifs is 1. The lowest BCUT2D eigenvalue weighted by molar-refractivity contribution is -0.199. The van der Waals surface area contributed by atoms with Gasteiger partial charge in [-0.1, -0.05) is 45.2 Å². The predicted molar refractivity (Wildman–Crippen MR) is 181 cm³/mol. The topological polar surface area (TPSA) is 108 Å². The van der Waals surface area contributed by atoms with Crippen molar-refractivity contribution in [2.75, 3.05) is 13.1 Å². The number of hydrogen-bond donors (Lipinski definition) is 1. The van der Waals surface area contributed by atoms with E-state index in [4.69, 9.17) is 26.1 Å². The van der Waals surface area contributed by atoms with Crippen LogP contribution in [-0.2, 0) is 11.3 Å². The van der Waals surface area contributed by atoms with Crippen LogP contribution in [-0.4, -0.2) is 69.2 Å². The highest BCUT2D eigenvalue weighted by molar-refractivity contribution is 6.31. The van der Waals surface area contributed by atoms with Gasteiger partial charge in [0.1, 0.15) is 29.2 Å². The van der Waals surface area contributed by atoms with Crippen molar-refractivity contribution in [1.82, 2.24) is 20.1 Å². The van der Waals surface area contributed by atoms with Gasteiger partial charge in [0.2, 0.25) is 0 Å². The Kier molecular flexibility index (Phi) is 9.07. The zero-order valence-electron chi connectivity index (χ0n) is 29.0. The molecular formula is C37H46ClN5O4. The van der Waals surface area contributed by atoms with E-state index >= 15 is 0 Å². The molecule has 1 aromatic carbocycles. The fourth-order valence-corrected chi connectivity index (χ4v) is 8.01. The first-order chi connectivity index (χ1) is 21.8. The second-order valence-corrected chi connectivity index (χ2v) is 16.1. The highest BCUT2D eigenvalue weighted by Gasteiger charge is 2.67. The smallest absolute Gasteiger partial charge is 0.410 e. The summed E-state index contributed by atoms with van der Waals surface area (Å²) in [6.45, 7) is 19.9. The van der Waals surface area contributed by atoms with Gasteiger partial charge in [-0.25, -0.2) is 9.78 Å². The van der Waals surface area contributed by atoms with Gasteiger partial charge in [-0.15, -0.1) is 0 Å². The number of nitrogens with zero attached hydrogens (tertiary/aromatic N) is 4. The molecule has 3 heterocycles. The molecule has 1 saturated carbocycles. The maximum Gasteiger partial charge on any atom is 0.410 e. The summed E-state index contributed by atoms with van der Waals surface area (Å²) < 4.78 is 12.0. The molecule has 47 heavy (non-hydrogen) atoms. The molecule has 1 N–H and O–H groups in total. The molecule has 0 unspecified atom stereocenters. The van der Waals surface area contributed by atoms with Gasteiger partial charge in [0, 0.05) is 42.1 Å². The van der Waals surface area contributed by atoms with Crippen molar-refractivity contribution >= 4 is 23.6 Å². The van der Waals surface area contributed by atoms with E-state index in [2.05, 4.69) is 50.9 Å². The third-order valence-electron chi connectivity index (χ3n) is 9.39. The number of hydrogen-bond acceptors (Lipinski definition) is 7. The molecule has 10 heteroatoms. The fourth-order valence-electron chi connectivity index (χ4n) is 7.79. The summed E-state index contributed by atoms with van der Waals surface area (Å²) in [5, 5.41) is 13.2. The van der Waals surface area contributed by atoms with Crippen molar-refractivity contribution in [2.24, 2.45) is 10.8 Å².